The Kier molecular flexibility index (Phi) is 5.35. The van der Waals surface area contributed by atoms with Crippen LogP contribution in [0.2, 0.25) is 0 Å². The first-order chi connectivity index (χ1) is 12.5. The topological polar surface area (TPSA) is 59.5 Å². The van der Waals surface area contributed by atoms with Crippen LogP contribution in [0.4, 0.5) is 0 Å². The normalized spacial score (nSPS) is 13.7. The van der Waals surface area contributed by atoms with Crippen molar-refractivity contribution in [1.82, 2.24) is 9.88 Å². The zero-order chi connectivity index (χ0) is 18.7. The Balaban J connectivity index is 1.88. The summed E-state index contributed by atoms with van der Waals surface area (Å²) in [5.74, 6) is -0.150. The maximum Gasteiger partial charge on any atom is 0.325 e. The molecule has 2 aromatic rings. The van der Waals surface area contributed by atoms with Crippen molar-refractivity contribution < 1.29 is 14.3 Å². The molecule has 1 aromatic carbocycles. The molecule has 0 bridgehead atoms. The Morgan fingerprint density at radius 3 is 2.81 bits per heavy atom. The van der Waals surface area contributed by atoms with E-state index in [1.807, 2.05) is 24.4 Å². The third kappa shape index (κ3) is 3.62. The average molecular weight is 352 g/mol. The van der Waals surface area contributed by atoms with E-state index in [4.69, 9.17) is 4.74 Å². The van der Waals surface area contributed by atoms with Crippen molar-refractivity contribution in [2.45, 2.75) is 33.1 Å². The molecule has 0 saturated carbocycles. The number of esters is 1. The van der Waals surface area contributed by atoms with E-state index in [-0.39, 0.29) is 18.4 Å². The van der Waals surface area contributed by atoms with Crippen molar-refractivity contribution in [3.8, 4) is 11.1 Å². The minimum atomic E-state index is -0.363. The number of rotatable bonds is 5. The van der Waals surface area contributed by atoms with Gasteiger partial charge in [0.15, 0.2) is 0 Å². The van der Waals surface area contributed by atoms with Gasteiger partial charge < -0.3 is 9.64 Å². The van der Waals surface area contributed by atoms with Crippen LogP contribution < -0.4 is 0 Å². The number of fused-ring (bicyclic) bond motifs is 1. The highest BCUT2D eigenvalue weighted by atomic mass is 16.5. The molecule has 1 aliphatic rings. The Morgan fingerprint density at radius 1 is 1.27 bits per heavy atom. The fourth-order valence-corrected chi connectivity index (χ4v) is 3.34. The molecule has 2 heterocycles. The summed E-state index contributed by atoms with van der Waals surface area (Å²) >= 11 is 0. The number of hydrogen-bond donors (Lipinski definition) is 0. The SMILES string of the molecule is CCOC(=O)CN1CCc2cc(-c3cccnc3C(C)C)ccc2C1=O. The van der Waals surface area contributed by atoms with Gasteiger partial charge in [-0.15, -0.1) is 0 Å². The number of ether oxygens (including phenoxy) is 1. The van der Waals surface area contributed by atoms with E-state index in [0.29, 0.717) is 24.6 Å². The number of amides is 1. The lowest BCUT2D eigenvalue weighted by atomic mass is 9.92. The predicted molar refractivity (Wildman–Crippen MR) is 100 cm³/mol. The smallest absolute Gasteiger partial charge is 0.325 e. The second-order valence-electron chi connectivity index (χ2n) is 6.74. The van der Waals surface area contributed by atoms with Crippen LogP contribution in [0, 0.1) is 0 Å². The highest BCUT2D eigenvalue weighted by molar-refractivity contribution is 5.99. The Labute approximate surface area is 154 Å². The minimum absolute atomic E-state index is 0.00790. The Morgan fingerprint density at radius 2 is 2.08 bits per heavy atom. The molecule has 0 atom stereocenters. The van der Waals surface area contributed by atoms with Gasteiger partial charge in [-0.3, -0.25) is 14.6 Å². The van der Waals surface area contributed by atoms with Gasteiger partial charge in [-0.25, -0.2) is 0 Å². The number of aromatic nitrogens is 1. The van der Waals surface area contributed by atoms with E-state index in [1.54, 1.807) is 11.8 Å². The number of nitrogens with zero attached hydrogens (tertiary/aromatic N) is 2. The second kappa shape index (κ2) is 7.68. The van der Waals surface area contributed by atoms with Gasteiger partial charge in [-0.1, -0.05) is 32.0 Å². The van der Waals surface area contributed by atoms with E-state index in [9.17, 15) is 9.59 Å². The molecule has 1 amide bonds. The summed E-state index contributed by atoms with van der Waals surface area (Å²) < 4.78 is 4.95. The Bertz CT molecular complexity index is 830. The van der Waals surface area contributed by atoms with Crippen molar-refractivity contribution in [1.29, 1.82) is 0 Å². The quantitative estimate of drug-likeness (QED) is 0.774. The van der Waals surface area contributed by atoms with E-state index >= 15 is 0 Å². The molecule has 136 valence electrons. The lowest BCUT2D eigenvalue weighted by Crippen LogP contribution is -2.41. The number of benzene rings is 1. The van der Waals surface area contributed by atoms with Crippen LogP contribution in [0.3, 0.4) is 0 Å². The maximum atomic E-state index is 12.7. The number of hydrogen-bond acceptors (Lipinski definition) is 4. The van der Waals surface area contributed by atoms with E-state index < -0.39 is 0 Å². The standard InChI is InChI=1S/C21H24N2O3/c1-4-26-19(24)13-23-11-9-16-12-15(7-8-18(16)21(23)25)17-6-5-10-22-20(17)14(2)3/h5-8,10,12,14H,4,9,11,13H2,1-3H3. The van der Waals surface area contributed by atoms with Gasteiger partial charge in [0.05, 0.1) is 12.3 Å². The third-order valence-corrected chi connectivity index (χ3v) is 4.60. The van der Waals surface area contributed by atoms with Crippen LogP contribution in [-0.2, 0) is 16.0 Å². The first-order valence-electron chi connectivity index (χ1n) is 9.04. The monoisotopic (exact) mass is 352 g/mol. The minimum Gasteiger partial charge on any atom is -0.465 e. The summed E-state index contributed by atoms with van der Waals surface area (Å²) in [4.78, 5) is 30.4. The molecule has 5 nitrogen and oxygen atoms in total. The molecule has 0 spiro atoms. The summed E-state index contributed by atoms with van der Waals surface area (Å²) in [6.07, 6.45) is 2.54. The zero-order valence-corrected chi connectivity index (χ0v) is 15.5. The fraction of sp³-hybridized carbons (Fsp3) is 0.381. The van der Waals surface area contributed by atoms with Crippen LogP contribution >= 0.6 is 0 Å². The first-order valence-corrected chi connectivity index (χ1v) is 9.04. The molecule has 0 saturated heterocycles. The van der Waals surface area contributed by atoms with E-state index in [1.165, 1.54) is 0 Å². The van der Waals surface area contributed by atoms with E-state index in [0.717, 1.165) is 28.8 Å². The van der Waals surface area contributed by atoms with Gasteiger partial charge in [0.25, 0.3) is 5.91 Å². The zero-order valence-electron chi connectivity index (χ0n) is 15.5. The van der Waals surface area contributed by atoms with Gasteiger partial charge in [-0.2, -0.15) is 0 Å². The number of pyridine rings is 1. The molecule has 26 heavy (non-hydrogen) atoms. The summed E-state index contributed by atoms with van der Waals surface area (Å²) in [5.41, 5.74) is 4.92. The largest absolute Gasteiger partial charge is 0.465 e. The lowest BCUT2D eigenvalue weighted by molar-refractivity contribution is -0.143. The molecule has 0 radical (unpaired) electrons. The summed E-state index contributed by atoms with van der Waals surface area (Å²) in [5, 5.41) is 0. The van der Waals surface area contributed by atoms with Gasteiger partial charge in [0.2, 0.25) is 0 Å². The molecule has 1 aromatic heterocycles. The van der Waals surface area contributed by atoms with Crippen molar-refractivity contribution >= 4 is 11.9 Å². The fourth-order valence-electron chi connectivity index (χ4n) is 3.34. The van der Waals surface area contributed by atoms with Crippen LogP contribution in [0.5, 0.6) is 0 Å². The molecule has 5 heteroatoms. The van der Waals surface area contributed by atoms with Gasteiger partial charge in [-0.05, 0) is 42.5 Å². The molecule has 0 unspecified atom stereocenters. The number of carbonyl (C=O) groups is 2. The van der Waals surface area contributed by atoms with Crippen LogP contribution in [0.25, 0.3) is 11.1 Å². The summed E-state index contributed by atoms with van der Waals surface area (Å²) in [7, 11) is 0. The third-order valence-electron chi connectivity index (χ3n) is 4.60. The second-order valence-corrected chi connectivity index (χ2v) is 6.74. The van der Waals surface area contributed by atoms with Crippen molar-refractivity contribution in [2.75, 3.05) is 19.7 Å². The molecular formula is C21H24N2O3. The van der Waals surface area contributed by atoms with Crippen LogP contribution in [-0.4, -0.2) is 41.5 Å². The van der Waals surface area contributed by atoms with Gasteiger partial charge >= 0.3 is 5.97 Å². The Hall–Kier alpha value is -2.69. The maximum absolute atomic E-state index is 12.7. The van der Waals surface area contributed by atoms with Crippen LogP contribution in [0.15, 0.2) is 36.5 Å². The lowest BCUT2D eigenvalue weighted by Gasteiger charge is -2.28. The molecular weight excluding hydrogens is 328 g/mol. The van der Waals surface area contributed by atoms with Gasteiger partial charge in [0, 0.05) is 23.9 Å². The first kappa shape index (κ1) is 18.1. The highest BCUT2D eigenvalue weighted by Gasteiger charge is 2.26. The molecule has 1 aliphatic heterocycles. The number of carbonyl (C=O) groups excluding carboxylic acids is 2. The van der Waals surface area contributed by atoms with E-state index in [2.05, 4.69) is 31.0 Å². The average Bonchev–Trinajstić information content (AvgIpc) is 2.64. The summed E-state index contributed by atoms with van der Waals surface area (Å²) in [6.45, 7) is 6.87. The molecule has 0 fully saturated rings. The molecule has 0 N–H and O–H groups in total. The summed E-state index contributed by atoms with van der Waals surface area (Å²) in [6, 6.07) is 9.92. The van der Waals surface area contributed by atoms with Gasteiger partial charge in [0.1, 0.15) is 6.54 Å². The predicted octanol–water partition coefficient (Wildman–Crippen LogP) is 3.43. The van der Waals surface area contributed by atoms with Crippen LogP contribution in [0.1, 0.15) is 48.3 Å². The van der Waals surface area contributed by atoms with Crippen molar-refractivity contribution in [2.24, 2.45) is 0 Å². The van der Waals surface area contributed by atoms with Crippen molar-refractivity contribution in [3.05, 3.63) is 53.3 Å². The molecule has 0 aliphatic carbocycles. The molecule has 3 rings (SSSR count). The highest BCUT2D eigenvalue weighted by Crippen LogP contribution is 2.30. The van der Waals surface area contributed by atoms with Crippen molar-refractivity contribution in [3.63, 3.8) is 0 Å².